The lowest BCUT2D eigenvalue weighted by Gasteiger charge is -2.28. The Kier molecular flexibility index (Phi) is 7.93. The van der Waals surface area contributed by atoms with E-state index in [1.165, 1.54) is 6.26 Å². The molecule has 0 unspecified atom stereocenters. The van der Waals surface area contributed by atoms with Crippen LogP contribution in [0.5, 0.6) is 0 Å². The third kappa shape index (κ3) is 6.13. The highest BCUT2D eigenvalue weighted by molar-refractivity contribution is 7.90. The molecule has 1 fully saturated rings. The van der Waals surface area contributed by atoms with Gasteiger partial charge < -0.3 is 9.64 Å². The normalized spacial score (nSPS) is 14.4. The Bertz CT molecular complexity index is 1270. The Hall–Kier alpha value is -3.09. The fourth-order valence-corrected chi connectivity index (χ4v) is 4.69. The molecule has 0 aliphatic carbocycles. The number of amides is 1. The Morgan fingerprint density at radius 2 is 1.80 bits per heavy atom. The number of aryl methyl sites for hydroxylation is 1. The second-order valence-electron chi connectivity index (χ2n) is 8.57. The molecule has 4 rings (SSSR count). The van der Waals surface area contributed by atoms with Crippen molar-refractivity contribution in [3.05, 3.63) is 30.5 Å². The van der Waals surface area contributed by atoms with E-state index < -0.39 is 9.84 Å². The van der Waals surface area contributed by atoms with Crippen molar-refractivity contribution in [2.75, 3.05) is 37.5 Å². The van der Waals surface area contributed by atoms with E-state index >= 15 is 0 Å². The van der Waals surface area contributed by atoms with Crippen LogP contribution in [0, 0.1) is 0 Å². The molecule has 2 aromatic heterocycles. The van der Waals surface area contributed by atoms with E-state index in [9.17, 15) is 13.2 Å². The number of hydroxylamine groups is 1. The van der Waals surface area contributed by atoms with Crippen molar-refractivity contribution in [2.24, 2.45) is 0 Å². The summed E-state index contributed by atoms with van der Waals surface area (Å²) in [6.45, 7) is 3.33. The lowest BCUT2D eigenvalue weighted by atomic mass is 10.1. The number of rotatable bonds is 10. The summed E-state index contributed by atoms with van der Waals surface area (Å²) in [7, 11) is -3.29. The molecule has 1 amide bonds. The van der Waals surface area contributed by atoms with E-state index in [1.807, 2.05) is 4.68 Å². The molecule has 0 saturated carbocycles. The highest BCUT2D eigenvalue weighted by atomic mass is 32.2. The molecular formula is C23H30N6O5S. The number of morpholine rings is 1. The van der Waals surface area contributed by atoms with Gasteiger partial charge in [0.15, 0.2) is 21.3 Å². The molecule has 0 atom stereocenters. The van der Waals surface area contributed by atoms with Crippen molar-refractivity contribution < 1.29 is 23.2 Å². The van der Waals surface area contributed by atoms with Gasteiger partial charge in [0.05, 0.1) is 29.7 Å². The molecule has 188 valence electrons. The number of sulfone groups is 1. The molecule has 3 heterocycles. The van der Waals surface area contributed by atoms with Gasteiger partial charge in [-0.05, 0) is 37.1 Å². The summed E-state index contributed by atoms with van der Waals surface area (Å²) in [5.74, 6) is 0.935. The van der Waals surface area contributed by atoms with Gasteiger partial charge in [0.1, 0.15) is 5.82 Å². The molecule has 3 aromatic rings. The van der Waals surface area contributed by atoms with Crippen LogP contribution in [0.1, 0.15) is 32.1 Å². The SMILES string of the molecule is CS(=O)(=O)c1ccc(-c2nc(N3CCOCC3)c3cnn(CCCCCCC(=O)NO)c3n2)cc1. The standard InChI is InChI=1S/C23H30N6O5S/c1-35(32,33)18-9-7-17(8-10-18)21-25-22(28-12-14-34-15-13-28)19-16-24-29(23(19)26-21)11-5-3-2-4-6-20(30)27-31/h7-10,16,31H,2-6,11-15H2,1H3,(H,27,30). The highest BCUT2D eigenvalue weighted by Gasteiger charge is 2.21. The summed E-state index contributed by atoms with van der Waals surface area (Å²) in [4.78, 5) is 23.2. The van der Waals surface area contributed by atoms with E-state index in [0.717, 1.165) is 41.7 Å². The van der Waals surface area contributed by atoms with Gasteiger partial charge in [-0.25, -0.2) is 28.5 Å². The van der Waals surface area contributed by atoms with E-state index in [-0.39, 0.29) is 10.8 Å². The number of hydrogen-bond acceptors (Lipinski definition) is 9. The van der Waals surface area contributed by atoms with Gasteiger partial charge in [0.25, 0.3) is 0 Å². The first-order chi connectivity index (χ1) is 16.9. The monoisotopic (exact) mass is 502 g/mol. The number of nitrogens with zero attached hydrogens (tertiary/aromatic N) is 5. The number of carbonyl (C=O) groups is 1. The Morgan fingerprint density at radius 3 is 2.49 bits per heavy atom. The maximum atomic E-state index is 11.8. The number of hydrogen-bond donors (Lipinski definition) is 2. The summed E-state index contributed by atoms with van der Waals surface area (Å²) in [6, 6.07) is 6.59. The molecular weight excluding hydrogens is 472 g/mol. The van der Waals surface area contributed by atoms with E-state index in [1.54, 1.807) is 35.9 Å². The minimum atomic E-state index is -3.29. The lowest BCUT2D eigenvalue weighted by Crippen LogP contribution is -2.37. The zero-order valence-corrected chi connectivity index (χ0v) is 20.5. The Morgan fingerprint density at radius 1 is 1.09 bits per heavy atom. The minimum Gasteiger partial charge on any atom is -0.378 e. The fourth-order valence-electron chi connectivity index (χ4n) is 4.06. The molecule has 11 nitrogen and oxygen atoms in total. The molecule has 2 N–H and O–H groups in total. The fraction of sp³-hybridized carbons (Fsp3) is 0.478. The molecule has 35 heavy (non-hydrogen) atoms. The van der Waals surface area contributed by atoms with Crippen molar-refractivity contribution in [3.63, 3.8) is 0 Å². The van der Waals surface area contributed by atoms with Crippen molar-refractivity contribution in [1.82, 2.24) is 25.2 Å². The van der Waals surface area contributed by atoms with E-state index in [4.69, 9.17) is 19.9 Å². The first kappa shape index (κ1) is 25.0. The van der Waals surface area contributed by atoms with Crippen LogP contribution in [-0.4, -0.2) is 71.8 Å². The van der Waals surface area contributed by atoms with E-state index in [0.29, 0.717) is 51.5 Å². The third-order valence-corrected chi connectivity index (χ3v) is 7.10. The molecule has 0 radical (unpaired) electrons. The second-order valence-corrected chi connectivity index (χ2v) is 10.6. The first-order valence-electron chi connectivity index (χ1n) is 11.7. The molecule has 1 aliphatic heterocycles. The summed E-state index contributed by atoms with van der Waals surface area (Å²) < 4.78 is 31.1. The van der Waals surface area contributed by atoms with Crippen LogP contribution in [0.2, 0.25) is 0 Å². The van der Waals surface area contributed by atoms with Crippen LogP contribution in [-0.2, 0) is 25.9 Å². The Balaban J connectivity index is 1.59. The van der Waals surface area contributed by atoms with Crippen LogP contribution in [0.25, 0.3) is 22.4 Å². The molecule has 0 spiro atoms. The second kappa shape index (κ2) is 11.1. The quantitative estimate of drug-likeness (QED) is 0.242. The number of carbonyl (C=O) groups excluding carboxylic acids is 1. The summed E-state index contributed by atoms with van der Waals surface area (Å²) >= 11 is 0. The van der Waals surface area contributed by atoms with Crippen molar-refractivity contribution in [2.45, 2.75) is 43.5 Å². The predicted molar refractivity (Wildman–Crippen MR) is 130 cm³/mol. The molecule has 12 heteroatoms. The van der Waals surface area contributed by atoms with Gasteiger partial charge in [-0.1, -0.05) is 12.8 Å². The number of ether oxygens (including phenoxy) is 1. The van der Waals surface area contributed by atoms with Crippen molar-refractivity contribution in [3.8, 4) is 11.4 Å². The zero-order chi connectivity index (χ0) is 24.8. The predicted octanol–water partition coefficient (Wildman–Crippen LogP) is 2.19. The third-order valence-electron chi connectivity index (χ3n) is 5.98. The summed E-state index contributed by atoms with van der Waals surface area (Å²) in [5, 5.41) is 14.0. The number of aromatic nitrogens is 4. The number of fused-ring (bicyclic) bond motifs is 1. The van der Waals surface area contributed by atoms with Gasteiger partial charge >= 0.3 is 0 Å². The minimum absolute atomic E-state index is 0.247. The number of nitrogens with one attached hydrogen (secondary N) is 1. The van der Waals surface area contributed by atoms with Gasteiger partial charge in [0.2, 0.25) is 5.91 Å². The van der Waals surface area contributed by atoms with Crippen molar-refractivity contribution >= 4 is 32.6 Å². The lowest BCUT2D eigenvalue weighted by molar-refractivity contribution is -0.129. The van der Waals surface area contributed by atoms with Crippen LogP contribution in [0.3, 0.4) is 0 Å². The smallest absolute Gasteiger partial charge is 0.243 e. The van der Waals surface area contributed by atoms with Crippen molar-refractivity contribution in [1.29, 1.82) is 0 Å². The van der Waals surface area contributed by atoms with Crippen LogP contribution < -0.4 is 10.4 Å². The molecule has 1 saturated heterocycles. The first-order valence-corrected chi connectivity index (χ1v) is 13.6. The summed E-state index contributed by atoms with van der Waals surface area (Å²) in [5.41, 5.74) is 3.10. The Labute approximate surface area is 204 Å². The van der Waals surface area contributed by atoms with Gasteiger partial charge in [0, 0.05) is 37.9 Å². The van der Waals surface area contributed by atoms with Gasteiger partial charge in [-0.3, -0.25) is 10.0 Å². The average Bonchev–Trinajstić information content (AvgIpc) is 3.28. The maximum Gasteiger partial charge on any atom is 0.243 e. The van der Waals surface area contributed by atoms with Gasteiger partial charge in [-0.2, -0.15) is 5.10 Å². The highest BCUT2D eigenvalue weighted by Crippen LogP contribution is 2.29. The topological polar surface area (TPSA) is 140 Å². The zero-order valence-electron chi connectivity index (χ0n) is 19.7. The molecule has 1 aromatic carbocycles. The molecule has 1 aliphatic rings. The molecule has 0 bridgehead atoms. The van der Waals surface area contributed by atoms with Crippen LogP contribution in [0.15, 0.2) is 35.4 Å². The number of benzene rings is 1. The van der Waals surface area contributed by atoms with Crippen LogP contribution in [0.4, 0.5) is 5.82 Å². The maximum absolute atomic E-state index is 11.8. The summed E-state index contributed by atoms with van der Waals surface area (Å²) in [6.07, 6.45) is 6.65. The number of anilines is 1. The average molecular weight is 503 g/mol. The largest absolute Gasteiger partial charge is 0.378 e. The van der Waals surface area contributed by atoms with Crippen LogP contribution >= 0.6 is 0 Å². The van der Waals surface area contributed by atoms with Gasteiger partial charge in [-0.15, -0.1) is 0 Å². The number of unbranched alkanes of at least 4 members (excludes halogenated alkanes) is 3. The van der Waals surface area contributed by atoms with E-state index in [2.05, 4.69) is 10.00 Å².